The van der Waals surface area contributed by atoms with Crippen LogP contribution in [0.5, 0.6) is 11.5 Å². The van der Waals surface area contributed by atoms with Crippen LogP contribution in [0.25, 0.3) is 0 Å². The minimum Gasteiger partial charge on any atom is -0.491 e. The predicted octanol–water partition coefficient (Wildman–Crippen LogP) is 2.49. The molecular weight excluding hydrogens is 470 g/mol. The van der Waals surface area contributed by atoms with E-state index in [1.807, 2.05) is 79.7 Å². The van der Waals surface area contributed by atoms with Crippen molar-refractivity contribution < 1.29 is 24.5 Å². The van der Waals surface area contributed by atoms with Crippen molar-refractivity contribution in [3.05, 3.63) is 96.1 Å². The molecule has 2 atom stereocenters. The zero-order chi connectivity index (χ0) is 26.5. The number of hydrogen-bond acceptors (Lipinski definition) is 7. The molecule has 0 aliphatic heterocycles. The number of amides is 1. The van der Waals surface area contributed by atoms with Crippen LogP contribution in [0.4, 0.5) is 0 Å². The summed E-state index contributed by atoms with van der Waals surface area (Å²) in [4.78, 5) is 11.5. The molecule has 1 amide bonds. The van der Waals surface area contributed by atoms with E-state index < -0.39 is 23.8 Å². The van der Waals surface area contributed by atoms with E-state index in [2.05, 4.69) is 10.6 Å². The van der Waals surface area contributed by atoms with E-state index >= 15 is 0 Å². The predicted molar refractivity (Wildman–Crippen MR) is 144 cm³/mol. The monoisotopic (exact) mass is 507 g/mol. The number of para-hydroxylation sites is 2. The lowest BCUT2D eigenvalue weighted by atomic mass is 9.95. The van der Waals surface area contributed by atoms with Gasteiger partial charge in [0.1, 0.15) is 36.9 Å². The molecule has 0 saturated carbocycles. The van der Waals surface area contributed by atoms with Gasteiger partial charge in [0.15, 0.2) is 0 Å². The van der Waals surface area contributed by atoms with E-state index in [9.17, 15) is 15.0 Å². The number of primary amides is 1. The topological polar surface area (TPSA) is 126 Å². The molecule has 0 heterocycles. The van der Waals surface area contributed by atoms with Crippen LogP contribution in [0.15, 0.2) is 84.9 Å². The lowest BCUT2D eigenvalue weighted by Gasteiger charge is -2.37. The fourth-order valence-electron chi connectivity index (χ4n) is 3.86. The molecule has 0 aliphatic carbocycles. The quantitative estimate of drug-likeness (QED) is 0.189. The Morgan fingerprint density at radius 1 is 0.811 bits per heavy atom. The maximum Gasteiger partial charge on any atom is 0.248 e. The van der Waals surface area contributed by atoms with Gasteiger partial charge in [-0.25, -0.2) is 0 Å². The molecule has 0 fully saturated rings. The van der Waals surface area contributed by atoms with E-state index in [4.69, 9.17) is 15.2 Å². The summed E-state index contributed by atoms with van der Waals surface area (Å²) in [6.07, 6.45) is -0.308. The average molecular weight is 508 g/mol. The van der Waals surface area contributed by atoms with Crippen LogP contribution < -0.4 is 25.8 Å². The third-order valence-corrected chi connectivity index (χ3v) is 6.07. The summed E-state index contributed by atoms with van der Waals surface area (Å²) < 4.78 is 11.4. The standard InChI is InChI=1S/C29H37N3O5/c1-2-29(17-22-13-15-23(16-14-22)28(30)35,31-18-24(33)20-36-26-9-5-3-6-10-26)32-19-25(34)21-37-27-11-7-4-8-12-27/h3-16,24-25,31-34H,2,17-21H2,1H3,(H2,30,35)/t24-,25-/m1/s1. The first-order chi connectivity index (χ1) is 17.9. The third-order valence-electron chi connectivity index (χ3n) is 6.07. The molecule has 6 N–H and O–H groups in total. The number of carbonyl (C=O) groups is 1. The Hall–Kier alpha value is -3.43. The Labute approximate surface area is 218 Å². The van der Waals surface area contributed by atoms with E-state index in [-0.39, 0.29) is 26.3 Å². The highest BCUT2D eigenvalue weighted by Crippen LogP contribution is 2.17. The van der Waals surface area contributed by atoms with Crippen molar-refractivity contribution in [3.63, 3.8) is 0 Å². The maximum absolute atomic E-state index is 11.5. The molecular formula is C29H37N3O5. The number of rotatable bonds is 16. The Morgan fingerprint density at radius 3 is 1.68 bits per heavy atom. The molecule has 3 aromatic carbocycles. The second kappa shape index (κ2) is 14.3. The Bertz CT molecular complexity index is 1010. The van der Waals surface area contributed by atoms with Gasteiger partial charge in [-0.1, -0.05) is 55.5 Å². The van der Waals surface area contributed by atoms with E-state index in [0.29, 0.717) is 29.9 Å². The molecule has 198 valence electrons. The average Bonchev–Trinajstić information content (AvgIpc) is 2.93. The van der Waals surface area contributed by atoms with Crippen molar-refractivity contribution in [3.8, 4) is 11.5 Å². The highest BCUT2D eigenvalue weighted by Gasteiger charge is 2.29. The van der Waals surface area contributed by atoms with Crippen LogP contribution in [0, 0.1) is 0 Å². The summed E-state index contributed by atoms with van der Waals surface area (Å²) >= 11 is 0. The molecule has 0 spiro atoms. The van der Waals surface area contributed by atoms with Crippen molar-refractivity contribution >= 4 is 5.91 Å². The number of nitrogens with two attached hydrogens (primary N) is 1. The van der Waals surface area contributed by atoms with Crippen LogP contribution in [0.3, 0.4) is 0 Å². The molecule has 0 radical (unpaired) electrons. The molecule has 0 aliphatic rings. The van der Waals surface area contributed by atoms with Crippen LogP contribution in [-0.2, 0) is 6.42 Å². The fourth-order valence-corrected chi connectivity index (χ4v) is 3.86. The summed E-state index contributed by atoms with van der Waals surface area (Å²) in [7, 11) is 0. The SMILES string of the molecule is CCC(Cc1ccc(C(N)=O)cc1)(NC[C@@H](O)COc1ccccc1)NC[C@@H](O)COc1ccccc1. The van der Waals surface area contributed by atoms with Crippen molar-refractivity contribution in [2.75, 3.05) is 26.3 Å². The number of nitrogens with one attached hydrogen (secondary N) is 2. The Balaban J connectivity index is 1.62. The maximum atomic E-state index is 11.5. The summed E-state index contributed by atoms with van der Waals surface area (Å²) in [6.45, 7) is 2.83. The van der Waals surface area contributed by atoms with Crippen molar-refractivity contribution in [2.45, 2.75) is 37.6 Å². The molecule has 3 rings (SSSR count). The summed E-state index contributed by atoms with van der Waals surface area (Å²) in [5.41, 5.74) is 6.14. The first-order valence-corrected chi connectivity index (χ1v) is 12.5. The number of aliphatic hydroxyl groups is 2. The number of benzene rings is 3. The van der Waals surface area contributed by atoms with Crippen molar-refractivity contribution in [2.24, 2.45) is 5.73 Å². The zero-order valence-electron chi connectivity index (χ0n) is 21.2. The molecule has 0 bridgehead atoms. The van der Waals surface area contributed by atoms with Gasteiger partial charge in [0, 0.05) is 25.1 Å². The summed E-state index contributed by atoms with van der Waals surface area (Å²) in [5, 5.41) is 28.1. The molecule has 3 aromatic rings. The first kappa shape index (κ1) is 28.1. The van der Waals surface area contributed by atoms with Gasteiger partial charge in [0.25, 0.3) is 0 Å². The smallest absolute Gasteiger partial charge is 0.248 e. The Morgan fingerprint density at radius 2 is 1.27 bits per heavy atom. The lowest BCUT2D eigenvalue weighted by molar-refractivity contribution is 0.0742. The van der Waals surface area contributed by atoms with E-state index in [1.165, 1.54) is 0 Å². The number of hydrogen-bond donors (Lipinski definition) is 5. The van der Waals surface area contributed by atoms with Crippen molar-refractivity contribution in [1.29, 1.82) is 0 Å². The summed E-state index contributed by atoms with van der Waals surface area (Å²) in [6, 6.07) is 25.8. The normalized spacial score (nSPS) is 13.1. The molecule has 8 nitrogen and oxygen atoms in total. The molecule has 0 aromatic heterocycles. The van der Waals surface area contributed by atoms with Crippen LogP contribution in [-0.4, -0.2) is 60.3 Å². The van der Waals surface area contributed by atoms with Gasteiger partial charge in [-0.05, 0) is 48.4 Å². The number of aliphatic hydroxyl groups excluding tert-OH is 2. The van der Waals surface area contributed by atoms with Gasteiger partial charge in [-0.2, -0.15) is 0 Å². The number of carbonyl (C=O) groups excluding carboxylic acids is 1. The second-order valence-electron chi connectivity index (χ2n) is 8.99. The lowest BCUT2D eigenvalue weighted by Crippen LogP contribution is -2.61. The fraction of sp³-hybridized carbons (Fsp3) is 0.345. The van der Waals surface area contributed by atoms with Gasteiger partial charge in [0.2, 0.25) is 5.91 Å². The van der Waals surface area contributed by atoms with E-state index in [1.54, 1.807) is 12.1 Å². The first-order valence-electron chi connectivity index (χ1n) is 12.5. The molecule has 0 unspecified atom stereocenters. The molecule has 37 heavy (non-hydrogen) atoms. The minimum absolute atomic E-state index is 0.137. The highest BCUT2D eigenvalue weighted by molar-refractivity contribution is 5.92. The second-order valence-corrected chi connectivity index (χ2v) is 8.99. The Kier molecular flexibility index (Phi) is 10.9. The third kappa shape index (κ3) is 9.51. The number of ether oxygens (including phenoxy) is 2. The van der Waals surface area contributed by atoms with Gasteiger partial charge in [-0.15, -0.1) is 0 Å². The minimum atomic E-state index is -0.753. The van der Waals surface area contributed by atoms with Gasteiger partial charge < -0.3 is 25.4 Å². The van der Waals surface area contributed by atoms with Crippen LogP contribution in [0.1, 0.15) is 29.3 Å². The van der Waals surface area contributed by atoms with E-state index in [0.717, 1.165) is 5.56 Å². The zero-order valence-corrected chi connectivity index (χ0v) is 21.2. The molecule has 8 heteroatoms. The van der Waals surface area contributed by atoms with Crippen molar-refractivity contribution in [1.82, 2.24) is 10.6 Å². The highest BCUT2D eigenvalue weighted by atomic mass is 16.5. The molecule has 0 saturated heterocycles. The van der Waals surface area contributed by atoms with Gasteiger partial charge in [-0.3, -0.25) is 15.4 Å². The van der Waals surface area contributed by atoms with Crippen LogP contribution in [0.2, 0.25) is 0 Å². The van der Waals surface area contributed by atoms with Crippen LogP contribution >= 0.6 is 0 Å². The van der Waals surface area contributed by atoms with Gasteiger partial charge >= 0.3 is 0 Å². The van der Waals surface area contributed by atoms with Gasteiger partial charge in [0.05, 0.1) is 5.66 Å². The summed E-state index contributed by atoms with van der Waals surface area (Å²) in [5.74, 6) is 0.905. The largest absolute Gasteiger partial charge is 0.491 e.